The van der Waals surface area contributed by atoms with E-state index in [1.165, 1.54) is 16.9 Å². The third kappa shape index (κ3) is 7.07. The summed E-state index contributed by atoms with van der Waals surface area (Å²) in [5.74, 6) is 0.667. The van der Waals surface area contributed by atoms with Crippen LogP contribution in [0.1, 0.15) is 52.3 Å². The Balaban J connectivity index is 1.22. The van der Waals surface area contributed by atoms with Gasteiger partial charge >= 0.3 is 5.97 Å². The number of carbonyl (C=O) groups is 3. The van der Waals surface area contributed by atoms with Gasteiger partial charge < -0.3 is 19.3 Å². The molecule has 3 heterocycles. The van der Waals surface area contributed by atoms with Crippen molar-refractivity contribution in [2.45, 2.75) is 39.5 Å². The van der Waals surface area contributed by atoms with Gasteiger partial charge in [0, 0.05) is 50.6 Å². The fourth-order valence-corrected chi connectivity index (χ4v) is 5.61. The fourth-order valence-electron chi connectivity index (χ4n) is 4.65. The predicted molar refractivity (Wildman–Crippen MR) is 141 cm³/mol. The van der Waals surface area contributed by atoms with E-state index in [0.717, 1.165) is 23.4 Å². The number of benzene rings is 1. The van der Waals surface area contributed by atoms with Crippen molar-refractivity contribution in [1.29, 1.82) is 0 Å². The maximum absolute atomic E-state index is 13.0. The van der Waals surface area contributed by atoms with Crippen molar-refractivity contribution in [2.24, 2.45) is 0 Å². The minimum Gasteiger partial charge on any atom is -0.484 e. The summed E-state index contributed by atoms with van der Waals surface area (Å²) < 4.78 is 10.7. The van der Waals surface area contributed by atoms with Gasteiger partial charge in [-0.3, -0.25) is 19.3 Å². The number of thiazole rings is 1. The molecule has 2 aliphatic rings. The second-order valence-electron chi connectivity index (χ2n) is 9.63. The molecule has 2 aromatic rings. The van der Waals surface area contributed by atoms with Gasteiger partial charge in [0.1, 0.15) is 11.4 Å². The molecule has 2 fully saturated rings. The van der Waals surface area contributed by atoms with Crippen molar-refractivity contribution in [1.82, 2.24) is 19.7 Å². The van der Waals surface area contributed by atoms with E-state index in [0.29, 0.717) is 57.3 Å². The normalized spacial score (nSPS) is 17.1. The monoisotopic (exact) mass is 528 g/mol. The van der Waals surface area contributed by atoms with Crippen LogP contribution in [-0.4, -0.2) is 96.5 Å². The molecule has 1 aromatic heterocycles. The van der Waals surface area contributed by atoms with E-state index in [1.54, 1.807) is 11.8 Å². The van der Waals surface area contributed by atoms with Gasteiger partial charge in [-0.1, -0.05) is 6.07 Å². The first-order valence-corrected chi connectivity index (χ1v) is 13.8. The molecule has 0 atom stereocenters. The van der Waals surface area contributed by atoms with Crippen molar-refractivity contribution in [3.05, 3.63) is 45.4 Å². The van der Waals surface area contributed by atoms with Gasteiger partial charge in [-0.2, -0.15) is 0 Å². The van der Waals surface area contributed by atoms with Gasteiger partial charge in [0.15, 0.2) is 6.61 Å². The molecule has 0 aliphatic carbocycles. The molecule has 2 saturated heterocycles. The van der Waals surface area contributed by atoms with E-state index in [1.807, 2.05) is 47.2 Å². The van der Waals surface area contributed by atoms with Crippen LogP contribution < -0.4 is 4.74 Å². The van der Waals surface area contributed by atoms with Crippen molar-refractivity contribution >= 4 is 29.1 Å². The lowest BCUT2D eigenvalue weighted by atomic mass is 9.97. The first kappa shape index (κ1) is 27.1. The number of carbonyl (C=O) groups excluding carboxylic acids is 3. The molecule has 0 unspecified atom stereocenters. The Kier molecular flexibility index (Phi) is 9.15. The molecular weight excluding hydrogens is 492 g/mol. The largest absolute Gasteiger partial charge is 0.484 e. The molecule has 0 N–H and O–H groups in total. The highest BCUT2D eigenvalue weighted by molar-refractivity contribution is 7.09. The Morgan fingerprint density at radius 2 is 1.73 bits per heavy atom. The van der Waals surface area contributed by atoms with Crippen LogP contribution in [0.15, 0.2) is 23.6 Å². The van der Waals surface area contributed by atoms with Crippen molar-refractivity contribution in [2.75, 3.05) is 59.0 Å². The van der Waals surface area contributed by atoms with Gasteiger partial charge in [0.05, 0.1) is 18.2 Å². The van der Waals surface area contributed by atoms with E-state index in [9.17, 15) is 14.4 Å². The summed E-state index contributed by atoms with van der Waals surface area (Å²) >= 11 is 1.52. The number of aryl methyl sites for hydroxylation is 2. The second-order valence-corrected chi connectivity index (χ2v) is 10.5. The zero-order valence-electron chi connectivity index (χ0n) is 21.9. The standard InChI is InChI=1S/C27H36N4O5S/c1-4-35-25(33)16-29-11-13-31(14-12-29)27(34)23-18-37-26(28-23)21-7-9-30(10-8-21)24(32)17-36-22-6-5-19(2)20(3)15-22/h5-6,15,18,21H,4,7-14,16-17H2,1-3H3. The third-order valence-corrected chi connectivity index (χ3v) is 8.10. The van der Waals surface area contributed by atoms with E-state index in [-0.39, 0.29) is 36.9 Å². The molecule has 0 spiro atoms. The number of hydrogen-bond acceptors (Lipinski definition) is 8. The first-order chi connectivity index (χ1) is 17.8. The molecule has 1 aromatic carbocycles. The van der Waals surface area contributed by atoms with Crippen LogP contribution in [0.5, 0.6) is 5.75 Å². The van der Waals surface area contributed by atoms with Crippen LogP contribution in [0, 0.1) is 13.8 Å². The summed E-state index contributed by atoms with van der Waals surface area (Å²) in [6, 6.07) is 5.85. The molecule has 200 valence electrons. The highest BCUT2D eigenvalue weighted by atomic mass is 32.1. The summed E-state index contributed by atoms with van der Waals surface area (Å²) in [6.45, 7) is 10.3. The molecule has 2 aliphatic heterocycles. The highest BCUT2D eigenvalue weighted by Crippen LogP contribution is 2.31. The number of esters is 1. The zero-order valence-corrected chi connectivity index (χ0v) is 22.7. The van der Waals surface area contributed by atoms with E-state index >= 15 is 0 Å². The number of piperidine rings is 1. The summed E-state index contributed by atoms with van der Waals surface area (Å²) in [6.07, 6.45) is 1.64. The molecule has 2 amide bonds. The average molecular weight is 529 g/mol. The predicted octanol–water partition coefficient (Wildman–Crippen LogP) is 2.87. The highest BCUT2D eigenvalue weighted by Gasteiger charge is 2.29. The SMILES string of the molecule is CCOC(=O)CN1CCN(C(=O)c2csc(C3CCN(C(=O)COc4ccc(C)c(C)c4)CC3)n2)CC1. The van der Waals surface area contributed by atoms with Gasteiger partial charge in [-0.25, -0.2) is 4.98 Å². The smallest absolute Gasteiger partial charge is 0.320 e. The van der Waals surface area contributed by atoms with E-state index in [4.69, 9.17) is 9.47 Å². The quantitative estimate of drug-likeness (QED) is 0.487. The van der Waals surface area contributed by atoms with Gasteiger partial charge in [0.25, 0.3) is 11.8 Å². The zero-order chi connectivity index (χ0) is 26.4. The minimum absolute atomic E-state index is 0.00576. The fraction of sp³-hybridized carbons (Fsp3) is 0.556. The van der Waals surface area contributed by atoms with Crippen LogP contribution in [0.2, 0.25) is 0 Å². The molecule has 9 nitrogen and oxygen atoms in total. The van der Waals surface area contributed by atoms with Crippen molar-refractivity contribution in [3.63, 3.8) is 0 Å². The van der Waals surface area contributed by atoms with Crippen molar-refractivity contribution in [3.8, 4) is 5.75 Å². The summed E-state index contributed by atoms with van der Waals surface area (Å²) in [4.78, 5) is 47.7. The molecule has 0 radical (unpaired) electrons. The number of nitrogens with zero attached hydrogens (tertiary/aromatic N) is 4. The van der Waals surface area contributed by atoms with Gasteiger partial charge in [0.2, 0.25) is 0 Å². The number of ether oxygens (including phenoxy) is 2. The molecule has 10 heteroatoms. The number of likely N-dealkylation sites (tertiary alicyclic amines) is 1. The Morgan fingerprint density at radius 3 is 2.41 bits per heavy atom. The lowest BCUT2D eigenvalue weighted by Crippen LogP contribution is -2.50. The summed E-state index contributed by atoms with van der Waals surface area (Å²) in [7, 11) is 0. The minimum atomic E-state index is -0.229. The Bertz CT molecular complexity index is 1100. The molecule has 0 saturated carbocycles. The lowest BCUT2D eigenvalue weighted by molar-refractivity contribution is -0.144. The maximum atomic E-state index is 13.0. The number of hydrogen-bond donors (Lipinski definition) is 0. The van der Waals surface area contributed by atoms with E-state index in [2.05, 4.69) is 4.98 Å². The molecular formula is C27H36N4O5S. The lowest BCUT2D eigenvalue weighted by Gasteiger charge is -2.33. The maximum Gasteiger partial charge on any atom is 0.320 e. The third-order valence-electron chi connectivity index (χ3n) is 7.10. The van der Waals surface area contributed by atoms with Crippen LogP contribution in [-0.2, 0) is 14.3 Å². The van der Waals surface area contributed by atoms with Gasteiger partial charge in [-0.05, 0) is 56.9 Å². The number of rotatable bonds is 8. The van der Waals surface area contributed by atoms with Gasteiger partial charge in [-0.15, -0.1) is 11.3 Å². The Labute approximate surface area is 222 Å². The number of piperazine rings is 1. The summed E-state index contributed by atoms with van der Waals surface area (Å²) in [5, 5.41) is 2.81. The van der Waals surface area contributed by atoms with E-state index < -0.39 is 0 Å². The second kappa shape index (κ2) is 12.5. The number of aromatic nitrogens is 1. The Morgan fingerprint density at radius 1 is 1.00 bits per heavy atom. The van der Waals surface area contributed by atoms with Crippen LogP contribution in [0.25, 0.3) is 0 Å². The number of amides is 2. The van der Waals surface area contributed by atoms with Crippen molar-refractivity contribution < 1.29 is 23.9 Å². The molecule has 37 heavy (non-hydrogen) atoms. The van der Waals surface area contributed by atoms with Crippen LogP contribution >= 0.6 is 11.3 Å². The average Bonchev–Trinajstić information content (AvgIpc) is 3.40. The Hall–Kier alpha value is -2.98. The molecule has 0 bridgehead atoms. The summed E-state index contributed by atoms with van der Waals surface area (Å²) in [5.41, 5.74) is 2.82. The molecule has 4 rings (SSSR count). The van der Waals surface area contributed by atoms with Crippen LogP contribution in [0.4, 0.5) is 0 Å². The van der Waals surface area contributed by atoms with Crippen LogP contribution in [0.3, 0.4) is 0 Å². The first-order valence-electron chi connectivity index (χ1n) is 12.9. The topological polar surface area (TPSA) is 92.3 Å².